The topological polar surface area (TPSA) is 15.6 Å². The van der Waals surface area contributed by atoms with Crippen molar-refractivity contribution in [3.05, 3.63) is 0 Å². The van der Waals surface area contributed by atoms with E-state index in [4.69, 9.17) is 4.99 Å². The lowest BCUT2D eigenvalue weighted by atomic mass is 9.70. The molecule has 1 saturated heterocycles. The van der Waals surface area contributed by atoms with Gasteiger partial charge in [0.2, 0.25) is 0 Å². The summed E-state index contributed by atoms with van der Waals surface area (Å²) in [6, 6.07) is 0. The Kier molecular flexibility index (Phi) is 3.04. The highest BCUT2D eigenvalue weighted by Crippen LogP contribution is 2.63. The molecule has 1 aliphatic heterocycles. The molecule has 2 atom stereocenters. The molecule has 3 aliphatic rings. The van der Waals surface area contributed by atoms with E-state index in [1.165, 1.54) is 51.7 Å². The van der Waals surface area contributed by atoms with Crippen molar-refractivity contribution in [3.63, 3.8) is 0 Å². The summed E-state index contributed by atoms with van der Waals surface area (Å²) in [5.74, 6) is 0.896. The van der Waals surface area contributed by atoms with Crippen LogP contribution in [0.2, 0.25) is 0 Å². The number of fused-ring (bicyclic) bond motifs is 2. The van der Waals surface area contributed by atoms with Gasteiger partial charge in [-0.25, -0.2) is 0 Å². The van der Waals surface area contributed by atoms with Gasteiger partial charge >= 0.3 is 0 Å². The van der Waals surface area contributed by atoms with Crippen molar-refractivity contribution in [1.82, 2.24) is 4.90 Å². The Hall–Kier alpha value is -0.370. The molecule has 3 fully saturated rings. The summed E-state index contributed by atoms with van der Waals surface area (Å²) in [6.45, 7) is 12.2. The van der Waals surface area contributed by atoms with Crippen molar-refractivity contribution in [2.45, 2.75) is 52.9 Å². The summed E-state index contributed by atoms with van der Waals surface area (Å²) in [5.41, 5.74) is 2.44. The summed E-state index contributed by atoms with van der Waals surface area (Å²) >= 11 is 0. The average molecular weight is 248 g/mol. The Morgan fingerprint density at radius 1 is 1.22 bits per heavy atom. The Bertz CT molecular complexity index is 352. The van der Waals surface area contributed by atoms with E-state index in [9.17, 15) is 0 Å². The number of aliphatic imine (C=N–C) groups is 1. The van der Waals surface area contributed by atoms with E-state index in [1.807, 2.05) is 0 Å². The van der Waals surface area contributed by atoms with Crippen LogP contribution in [-0.4, -0.2) is 36.8 Å². The molecule has 3 rings (SSSR count). The molecule has 2 bridgehead atoms. The molecule has 0 aromatic rings. The van der Waals surface area contributed by atoms with Gasteiger partial charge in [0.15, 0.2) is 0 Å². The average Bonchev–Trinajstić information content (AvgIpc) is 2.95. The Morgan fingerprint density at radius 2 is 1.94 bits per heavy atom. The highest BCUT2D eigenvalue weighted by molar-refractivity contribution is 5.94. The second-order valence-corrected chi connectivity index (χ2v) is 7.37. The summed E-state index contributed by atoms with van der Waals surface area (Å²) in [4.78, 5) is 7.59. The van der Waals surface area contributed by atoms with Gasteiger partial charge < -0.3 is 4.90 Å². The maximum atomic E-state index is 5.01. The lowest BCUT2D eigenvalue weighted by molar-refractivity contribution is 0.193. The minimum atomic E-state index is 0.405. The van der Waals surface area contributed by atoms with E-state index < -0.39 is 0 Å². The van der Waals surface area contributed by atoms with Gasteiger partial charge in [-0.1, -0.05) is 20.8 Å². The quantitative estimate of drug-likeness (QED) is 0.747. The van der Waals surface area contributed by atoms with Gasteiger partial charge in [0, 0.05) is 17.7 Å². The Morgan fingerprint density at radius 3 is 2.50 bits per heavy atom. The molecule has 0 unspecified atom stereocenters. The van der Waals surface area contributed by atoms with Crippen LogP contribution in [0.15, 0.2) is 4.99 Å². The monoisotopic (exact) mass is 248 g/mol. The van der Waals surface area contributed by atoms with Crippen LogP contribution in [0.3, 0.4) is 0 Å². The van der Waals surface area contributed by atoms with Crippen LogP contribution in [0.25, 0.3) is 0 Å². The molecule has 2 heteroatoms. The van der Waals surface area contributed by atoms with E-state index >= 15 is 0 Å². The summed E-state index contributed by atoms with van der Waals surface area (Å²) in [5, 5.41) is 0. The highest BCUT2D eigenvalue weighted by Gasteiger charge is 2.59. The first-order chi connectivity index (χ1) is 8.54. The third kappa shape index (κ3) is 1.76. The molecular formula is C16H28N2. The number of hydrogen-bond acceptors (Lipinski definition) is 2. The van der Waals surface area contributed by atoms with Crippen molar-refractivity contribution in [2.75, 3.05) is 26.2 Å². The number of hydrogen-bond donors (Lipinski definition) is 0. The molecule has 0 amide bonds. The number of rotatable bonds is 3. The van der Waals surface area contributed by atoms with E-state index in [0.29, 0.717) is 10.8 Å². The van der Waals surface area contributed by atoms with Crippen molar-refractivity contribution in [1.29, 1.82) is 0 Å². The van der Waals surface area contributed by atoms with E-state index in [1.54, 1.807) is 5.71 Å². The molecule has 0 radical (unpaired) electrons. The molecule has 18 heavy (non-hydrogen) atoms. The molecule has 0 N–H and O–H groups in total. The zero-order valence-corrected chi connectivity index (χ0v) is 12.3. The second kappa shape index (κ2) is 4.33. The maximum Gasteiger partial charge on any atom is 0.0516 e. The molecule has 0 aromatic carbocycles. The van der Waals surface area contributed by atoms with Crippen LogP contribution in [0.5, 0.6) is 0 Å². The van der Waals surface area contributed by atoms with E-state index in [0.717, 1.165) is 12.5 Å². The van der Waals surface area contributed by atoms with Crippen molar-refractivity contribution in [3.8, 4) is 0 Å². The van der Waals surface area contributed by atoms with Crippen LogP contribution in [0.4, 0.5) is 0 Å². The van der Waals surface area contributed by atoms with Crippen molar-refractivity contribution < 1.29 is 0 Å². The van der Waals surface area contributed by atoms with Gasteiger partial charge in [-0.05, 0) is 56.5 Å². The predicted octanol–water partition coefficient (Wildman–Crippen LogP) is 3.37. The fraction of sp³-hybridized carbons (Fsp3) is 0.938. The predicted molar refractivity (Wildman–Crippen MR) is 77.2 cm³/mol. The van der Waals surface area contributed by atoms with Crippen LogP contribution in [-0.2, 0) is 0 Å². The minimum absolute atomic E-state index is 0.405. The van der Waals surface area contributed by atoms with Crippen LogP contribution >= 0.6 is 0 Å². The first-order valence-corrected chi connectivity index (χ1v) is 7.80. The van der Waals surface area contributed by atoms with Crippen LogP contribution in [0, 0.1) is 16.7 Å². The van der Waals surface area contributed by atoms with Gasteiger partial charge in [0.1, 0.15) is 0 Å². The van der Waals surface area contributed by atoms with Gasteiger partial charge in [-0.15, -0.1) is 0 Å². The summed E-state index contributed by atoms with van der Waals surface area (Å²) < 4.78 is 0. The molecule has 2 nitrogen and oxygen atoms in total. The lowest BCUT2D eigenvalue weighted by Gasteiger charge is -2.34. The number of likely N-dealkylation sites (tertiary alicyclic amines) is 1. The minimum Gasteiger partial charge on any atom is -0.301 e. The van der Waals surface area contributed by atoms with E-state index in [2.05, 4.69) is 25.7 Å². The molecular weight excluding hydrogens is 220 g/mol. The van der Waals surface area contributed by atoms with Crippen molar-refractivity contribution in [2.24, 2.45) is 21.7 Å². The van der Waals surface area contributed by atoms with Gasteiger partial charge in [0.05, 0.1) is 6.54 Å². The largest absolute Gasteiger partial charge is 0.301 e. The molecule has 0 aromatic heterocycles. The first-order valence-electron chi connectivity index (χ1n) is 7.80. The zero-order valence-electron chi connectivity index (χ0n) is 12.3. The Balaban J connectivity index is 1.63. The zero-order chi connectivity index (χ0) is 12.8. The first kappa shape index (κ1) is 12.7. The van der Waals surface area contributed by atoms with E-state index in [-0.39, 0.29) is 0 Å². The normalized spacial score (nSPS) is 41.1. The summed E-state index contributed by atoms with van der Waals surface area (Å²) in [6.07, 6.45) is 6.86. The fourth-order valence-electron chi connectivity index (χ4n) is 4.50. The second-order valence-electron chi connectivity index (χ2n) is 7.37. The highest BCUT2D eigenvalue weighted by atomic mass is 15.1. The van der Waals surface area contributed by atoms with Gasteiger partial charge in [-0.3, -0.25) is 4.99 Å². The molecule has 1 heterocycles. The molecule has 2 saturated carbocycles. The smallest absolute Gasteiger partial charge is 0.0516 e. The Labute approximate surface area is 112 Å². The number of nitrogens with zero attached hydrogens (tertiary/aromatic N) is 2. The van der Waals surface area contributed by atoms with Crippen LogP contribution in [0.1, 0.15) is 52.9 Å². The third-order valence-electron chi connectivity index (χ3n) is 6.43. The molecule has 0 spiro atoms. The standard InChI is InChI=1S/C16H28N2/c1-15(2)13-6-7-16(15,3)14(12-13)17-8-11-18-9-4-5-10-18/h13H,4-12H2,1-3H3/t13-,16+/m1/s1. The third-order valence-corrected chi connectivity index (χ3v) is 6.43. The van der Waals surface area contributed by atoms with Gasteiger partial charge in [-0.2, -0.15) is 0 Å². The van der Waals surface area contributed by atoms with Gasteiger partial charge in [0.25, 0.3) is 0 Å². The SMILES string of the molecule is CC1(C)[C@@H]2CC[C@@]1(C)C(=NCCN1CCCC1)C2. The van der Waals surface area contributed by atoms with Crippen molar-refractivity contribution >= 4 is 5.71 Å². The fourth-order valence-corrected chi connectivity index (χ4v) is 4.50. The maximum absolute atomic E-state index is 5.01. The molecule has 102 valence electrons. The molecule has 2 aliphatic carbocycles. The van der Waals surface area contributed by atoms with Crippen LogP contribution < -0.4 is 0 Å². The summed E-state index contributed by atoms with van der Waals surface area (Å²) in [7, 11) is 0. The lowest BCUT2D eigenvalue weighted by Crippen LogP contribution is -2.33.